The molecule has 0 saturated heterocycles. The van der Waals surface area contributed by atoms with Crippen LogP contribution in [0.3, 0.4) is 0 Å². The maximum Gasteiger partial charge on any atom is 0.390 e. The fourth-order valence-corrected chi connectivity index (χ4v) is 10.7. The van der Waals surface area contributed by atoms with Gasteiger partial charge in [-0.15, -0.1) is 0 Å². The molecule has 0 aliphatic heterocycles. The van der Waals surface area contributed by atoms with Crippen LogP contribution in [0, 0.1) is 6.92 Å². The third-order valence-electron chi connectivity index (χ3n) is 9.12. The normalized spacial score (nSPS) is 23.9. The Balaban J connectivity index is 1.61. The predicted octanol–water partition coefficient (Wildman–Crippen LogP) is 8.07. The molecular weight excluding hydrogens is 679 g/mol. The Morgan fingerprint density at radius 3 is 1.53 bits per heavy atom. The fraction of sp³-hybridized carbons (Fsp3) is 0.333. The molecule has 4 unspecified atom stereocenters. The topological polar surface area (TPSA) is 27.7 Å². The number of hydrogen-bond acceptors (Lipinski definition) is 3. The molecule has 0 bridgehead atoms. The summed E-state index contributed by atoms with van der Waals surface area (Å²) in [6.45, 7) is 2.92. The molecular formula is C36H33F9O3Si. The summed E-state index contributed by atoms with van der Waals surface area (Å²) >= 11 is 0. The summed E-state index contributed by atoms with van der Waals surface area (Å²) < 4.78 is 143. The smallest absolute Gasteiger partial charge is 0.390 e. The Morgan fingerprint density at radius 1 is 0.612 bits per heavy atom. The first-order valence-electron chi connectivity index (χ1n) is 15.2. The Labute approximate surface area is 278 Å². The van der Waals surface area contributed by atoms with Gasteiger partial charge in [0.1, 0.15) is 19.6 Å². The van der Waals surface area contributed by atoms with Crippen LogP contribution in [0.15, 0.2) is 103 Å². The number of rotatable bonds is 12. The van der Waals surface area contributed by atoms with Crippen molar-refractivity contribution in [3.8, 4) is 11.5 Å². The van der Waals surface area contributed by atoms with E-state index in [1.54, 1.807) is 12.1 Å². The summed E-state index contributed by atoms with van der Waals surface area (Å²) in [5.74, 6) is -28.6. The highest BCUT2D eigenvalue weighted by molar-refractivity contribution is 7.11. The van der Waals surface area contributed by atoms with E-state index in [-0.39, 0.29) is 5.75 Å². The lowest BCUT2D eigenvalue weighted by Gasteiger charge is -2.55. The average Bonchev–Trinajstić information content (AvgIpc) is 3.05. The highest BCUT2D eigenvalue weighted by Crippen LogP contribution is 2.68. The molecule has 1 aliphatic rings. The molecule has 0 aromatic heterocycles. The van der Waals surface area contributed by atoms with E-state index in [4.69, 9.17) is 4.74 Å². The second-order valence-electron chi connectivity index (χ2n) is 12.4. The van der Waals surface area contributed by atoms with Crippen LogP contribution in [0.2, 0.25) is 6.04 Å². The number of halogens is 9. The van der Waals surface area contributed by atoms with Crippen LogP contribution >= 0.6 is 0 Å². The van der Waals surface area contributed by atoms with E-state index in [0.29, 0.717) is 43.8 Å². The summed E-state index contributed by atoms with van der Waals surface area (Å²) in [7, 11) is -2.89. The maximum absolute atomic E-state index is 15.3. The Bertz CT molecular complexity index is 1750. The zero-order valence-corrected chi connectivity index (χ0v) is 27.9. The molecule has 0 heterocycles. The summed E-state index contributed by atoms with van der Waals surface area (Å²) in [6.07, 6.45) is 0.537. The Kier molecular flexibility index (Phi) is 9.20. The van der Waals surface area contributed by atoms with Gasteiger partial charge in [0, 0.05) is 21.0 Å². The number of aryl methyl sites for hydroxylation is 2. The molecule has 4 aromatic carbocycles. The molecule has 0 N–H and O–H groups in total. The van der Waals surface area contributed by atoms with Gasteiger partial charge in [-0.05, 0) is 64.8 Å². The van der Waals surface area contributed by atoms with Gasteiger partial charge >= 0.3 is 35.3 Å². The minimum Gasteiger partial charge on any atom is -0.452 e. The van der Waals surface area contributed by atoms with Crippen molar-refractivity contribution >= 4 is 23.6 Å². The molecule has 4 atom stereocenters. The zero-order valence-electron chi connectivity index (χ0n) is 26.9. The van der Waals surface area contributed by atoms with E-state index >= 15 is 4.39 Å². The van der Waals surface area contributed by atoms with Crippen molar-refractivity contribution in [1.29, 1.82) is 0 Å². The lowest BCUT2D eigenvalue weighted by Crippen LogP contribution is -2.88. The van der Waals surface area contributed by atoms with Crippen LogP contribution in [0.5, 0.6) is 11.5 Å². The van der Waals surface area contributed by atoms with Gasteiger partial charge in [-0.3, -0.25) is 0 Å². The third-order valence-corrected chi connectivity index (χ3v) is 14.1. The van der Waals surface area contributed by atoms with Gasteiger partial charge in [0.05, 0.1) is 0 Å². The van der Waals surface area contributed by atoms with Gasteiger partial charge in [0.2, 0.25) is 0 Å². The highest BCUT2D eigenvalue weighted by atomic mass is 28.3. The Hall–Kier alpha value is -3.97. The molecule has 49 heavy (non-hydrogen) atoms. The molecule has 4 aromatic rings. The van der Waals surface area contributed by atoms with Gasteiger partial charge in [-0.1, -0.05) is 84.4 Å². The summed E-state index contributed by atoms with van der Waals surface area (Å²) in [5, 5.41) is 2.20. The van der Waals surface area contributed by atoms with Crippen LogP contribution < -0.4 is 25.0 Å². The van der Waals surface area contributed by atoms with Gasteiger partial charge in [0.15, 0.2) is 0 Å². The van der Waals surface area contributed by atoms with Crippen molar-refractivity contribution in [1.82, 2.24) is 0 Å². The first-order valence-corrected chi connectivity index (χ1v) is 17.4. The molecule has 1 aliphatic carbocycles. The molecule has 3 nitrogen and oxygen atoms in total. The van der Waals surface area contributed by atoms with Gasteiger partial charge in [0.25, 0.3) is 0 Å². The molecule has 13 heteroatoms. The number of methoxy groups -OCH3 is 1. The standard InChI is InChI=1S/C36H33F9O3Si/c1-24-10-16-28(17-11-24)49(23-22-25-8-6-5-7-9-25,29-18-12-26(13-19-29)47-32(3,39)31(2,37)38)30-20-14-27(15-21-30)48-36(45)34(42,43)33(40,41)35(36,44)46-4/h5-21H,22-23H2,1-4H3. The molecule has 1 saturated carbocycles. The number of alkyl halides is 9. The fourth-order valence-electron chi connectivity index (χ4n) is 5.97. The quantitative estimate of drug-likeness (QED) is 0.0846. The first kappa shape index (κ1) is 36.3. The second-order valence-corrected chi connectivity index (χ2v) is 16.4. The number of hydrogen-bond donors (Lipinski definition) is 0. The van der Waals surface area contributed by atoms with Crippen LogP contribution in [0.25, 0.3) is 0 Å². The van der Waals surface area contributed by atoms with E-state index < -0.39 is 49.2 Å². The molecule has 0 spiro atoms. The van der Waals surface area contributed by atoms with Crippen LogP contribution in [-0.2, 0) is 11.2 Å². The largest absolute Gasteiger partial charge is 0.452 e. The Morgan fingerprint density at radius 2 is 1.06 bits per heavy atom. The highest BCUT2D eigenvalue weighted by Gasteiger charge is 3.02. The van der Waals surface area contributed by atoms with Crippen LogP contribution in [0.4, 0.5) is 39.5 Å². The molecule has 5 rings (SSSR count). The van der Waals surface area contributed by atoms with Gasteiger partial charge in [-0.2, -0.15) is 39.5 Å². The van der Waals surface area contributed by atoms with Crippen molar-refractivity contribution in [2.24, 2.45) is 0 Å². The van der Waals surface area contributed by atoms with E-state index in [1.165, 1.54) is 24.3 Å². The van der Waals surface area contributed by atoms with Crippen LogP contribution in [-0.4, -0.2) is 50.5 Å². The van der Waals surface area contributed by atoms with Crippen molar-refractivity contribution in [3.05, 3.63) is 114 Å². The average molecular weight is 713 g/mol. The van der Waals surface area contributed by atoms with Crippen molar-refractivity contribution in [2.75, 3.05) is 7.11 Å². The van der Waals surface area contributed by atoms with Gasteiger partial charge < -0.3 is 14.2 Å². The lowest BCUT2D eigenvalue weighted by atomic mass is 9.76. The van der Waals surface area contributed by atoms with Crippen molar-refractivity contribution in [3.63, 3.8) is 0 Å². The SMILES string of the molecule is COC1(F)C(F)(F)C(F)(F)C1(F)Oc1ccc([Si](CCc2ccccc2)(c2ccc(C)cc2)c2ccc(OC(C)(F)C(C)(F)F)cc2)cc1. The second kappa shape index (κ2) is 12.4. The number of ether oxygens (including phenoxy) is 3. The summed E-state index contributed by atoms with van der Waals surface area (Å²) in [4.78, 5) is 0. The zero-order chi connectivity index (χ0) is 36.1. The third kappa shape index (κ3) is 5.78. The monoisotopic (exact) mass is 712 g/mol. The van der Waals surface area contributed by atoms with E-state index in [0.717, 1.165) is 28.4 Å². The first-order chi connectivity index (χ1) is 22.8. The van der Waals surface area contributed by atoms with Crippen LogP contribution in [0.1, 0.15) is 25.0 Å². The predicted molar refractivity (Wildman–Crippen MR) is 170 cm³/mol. The van der Waals surface area contributed by atoms with E-state index in [2.05, 4.69) is 9.47 Å². The molecule has 262 valence electrons. The lowest BCUT2D eigenvalue weighted by molar-refractivity contribution is -0.538. The van der Waals surface area contributed by atoms with Gasteiger partial charge in [-0.25, -0.2) is 0 Å². The number of benzene rings is 4. The molecule has 0 radical (unpaired) electrons. The van der Waals surface area contributed by atoms with E-state index in [9.17, 15) is 35.1 Å². The van der Waals surface area contributed by atoms with Crippen molar-refractivity contribution in [2.45, 2.75) is 68.6 Å². The maximum atomic E-state index is 15.3. The molecule has 1 fully saturated rings. The minimum atomic E-state index is -5.55. The van der Waals surface area contributed by atoms with E-state index in [1.807, 2.05) is 61.5 Å². The summed E-state index contributed by atoms with van der Waals surface area (Å²) in [5.41, 5.74) is 1.93. The van der Waals surface area contributed by atoms with Crippen molar-refractivity contribution < 1.29 is 53.7 Å². The minimum absolute atomic E-state index is 0.159. The summed E-state index contributed by atoms with van der Waals surface area (Å²) in [6, 6.07) is 28.6. The molecule has 0 amide bonds.